The lowest BCUT2D eigenvalue weighted by Gasteiger charge is -2.12. The topological polar surface area (TPSA) is 49.3 Å². The van der Waals surface area contributed by atoms with Gasteiger partial charge in [0.05, 0.1) is 6.61 Å². The second-order valence-electron chi connectivity index (χ2n) is 3.52. The van der Waals surface area contributed by atoms with E-state index in [0.29, 0.717) is 11.1 Å². The zero-order chi connectivity index (χ0) is 11.4. The van der Waals surface area contributed by atoms with Gasteiger partial charge in [0.15, 0.2) is 0 Å². The second kappa shape index (κ2) is 4.89. The maximum atomic E-state index is 12.9. The SMILES string of the molecule is Cc1ccc(F)cc1C(=O)N[C@H](C)CO. The van der Waals surface area contributed by atoms with E-state index in [4.69, 9.17) is 5.11 Å². The highest BCUT2D eigenvalue weighted by atomic mass is 19.1. The van der Waals surface area contributed by atoms with Gasteiger partial charge < -0.3 is 10.4 Å². The van der Waals surface area contributed by atoms with Crippen LogP contribution >= 0.6 is 0 Å². The Balaban J connectivity index is 2.86. The van der Waals surface area contributed by atoms with Gasteiger partial charge in [0.2, 0.25) is 0 Å². The lowest BCUT2D eigenvalue weighted by atomic mass is 10.1. The maximum absolute atomic E-state index is 12.9. The molecule has 0 unspecified atom stereocenters. The molecule has 0 aliphatic rings. The smallest absolute Gasteiger partial charge is 0.251 e. The quantitative estimate of drug-likeness (QED) is 0.790. The monoisotopic (exact) mass is 211 g/mol. The minimum Gasteiger partial charge on any atom is -0.394 e. The number of carbonyl (C=O) groups is 1. The first kappa shape index (κ1) is 11.7. The van der Waals surface area contributed by atoms with Crippen molar-refractivity contribution >= 4 is 5.91 Å². The Morgan fingerprint density at radius 1 is 1.60 bits per heavy atom. The molecule has 0 aliphatic heterocycles. The van der Waals surface area contributed by atoms with Gasteiger partial charge in [-0.25, -0.2) is 4.39 Å². The fraction of sp³-hybridized carbons (Fsp3) is 0.364. The average Bonchev–Trinajstić information content (AvgIpc) is 2.21. The van der Waals surface area contributed by atoms with Crippen LogP contribution in [0.4, 0.5) is 4.39 Å². The van der Waals surface area contributed by atoms with Crippen molar-refractivity contribution in [3.05, 3.63) is 35.1 Å². The number of halogens is 1. The minimum absolute atomic E-state index is 0.139. The number of carbonyl (C=O) groups excluding carboxylic acids is 1. The number of aryl methyl sites for hydroxylation is 1. The highest BCUT2D eigenvalue weighted by Crippen LogP contribution is 2.10. The molecular formula is C11H14FNO2. The van der Waals surface area contributed by atoms with Crippen molar-refractivity contribution < 1.29 is 14.3 Å². The molecule has 3 nitrogen and oxygen atoms in total. The highest BCUT2D eigenvalue weighted by molar-refractivity contribution is 5.95. The Kier molecular flexibility index (Phi) is 3.80. The summed E-state index contributed by atoms with van der Waals surface area (Å²) >= 11 is 0. The van der Waals surface area contributed by atoms with Crippen molar-refractivity contribution in [2.24, 2.45) is 0 Å². The second-order valence-corrected chi connectivity index (χ2v) is 3.52. The van der Waals surface area contributed by atoms with Gasteiger partial charge in [-0.15, -0.1) is 0 Å². The van der Waals surface area contributed by atoms with Crippen molar-refractivity contribution in [1.29, 1.82) is 0 Å². The first-order valence-corrected chi connectivity index (χ1v) is 4.72. The molecule has 2 N–H and O–H groups in total. The Bertz CT molecular complexity index is 366. The number of benzene rings is 1. The van der Waals surface area contributed by atoms with Crippen LogP contribution in [0.5, 0.6) is 0 Å². The van der Waals surface area contributed by atoms with E-state index in [1.807, 2.05) is 0 Å². The van der Waals surface area contributed by atoms with Gasteiger partial charge in [0, 0.05) is 11.6 Å². The molecule has 0 heterocycles. The molecule has 0 saturated heterocycles. The maximum Gasteiger partial charge on any atom is 0.251 e. The number of amides is 1. The molecule has 1 amide bonds. The van der Waals surface area contributed by atoms with Crippen LogP contribution in [0.3, 0.4) is 0 Å². The van der Waals surface area contributed by atoms with Crippen LogP contribution in [0.25, 0.3) is 0 Å². The van der Waals surface area contributed by atoms with Crippen LogP contribution in [0.1, 0.15) is 22.8 Å². The molecule has 0 radical (unpaired) electrons. The predicted octanol–water partition coefficient (Wildman–Crippen LogP) is 1.24. The van der Waals surface area contributed by atoms with Gasteiger partial charge in [-0.3, -0.25) is 4.79 Å². The lowest BCUT2D eigenvalue weighted by molar-refractivity contribution is 0.0921. The number of hydrogen-bond donors (Lipinski definition) is 2. The van der Waals surface area contributed by atoms with Crippen molar-refractivity contribution in [2.75, 3.05) is 6.61 Å². The Morgan fingerprint density at radius 2 is 2.27 bits per heavy atom. The zero-order valence-electron chi connectivity index (χ0n) is 8.75. The number of nitrogens with one attached hydrogen (secondary N) is 1. The first-order valence-electron chi connectivity index (χ1n) is 4.72. The third-order valence-corrected chi connectivity index (χ3v) is 2.10. The van der Waals surface area contributed by atoms with E-state index in [1.165, 1.54) is 12.1 Å². The Labute approximate surface area is 87.9 Å². The van der Waals surface area contributed by atoms with E-state index in [9.17, 15) is 9.18 Å². The van der Waals surface area contributed by atoms with Gasteiger partial charge in [-0.05, 0) is 31.5 Å². The molecule has 0 fully saturated rings. The molecule has 15 heavy (non-hydrogen) atoms. The minimum atomic E-state index is -0.442. The molecule has 82 valence electrons. The van der Waals surface area contributed by atoms with E-state index in [2.05, 4.69) is 5.32 Å². The van der Waals surface area contributed by atoms with E-state index in [-0.39, 0.29) is 18.6 Å². The third kappa shape index (κ3) is 3.02. The average molecular weight is 211 g/mol. The van der Waals surface area contributed by atoms with Crippen LogP contribution in [0.2, 0.25) is 0 Å². The van der Waals surface area contributed by atoms with Crippen molar-refractivity contribution in [2.45, 2.75) is 19.9 Å². The molecule has 1 rings (SSSR count). The standard InChI is InChI=1S/C11H14FNO2/c1-7-3-4-9(12)5-10(7)11(15)13-8(2)6-14/h3-5,8,14H,6H2,1-2H3,(H,13,15)/t8-/m1/s1. The summed E-state index contributed by atoms with van der Waals surface area (Å²) < 4.78 is 12.9. The van der Waals surface area contributed by atoms with Crippen molar-refractivity contribution in [1.82, 2.24) is 5.32 Å². The lowest BCUT2D eigenvalue weighted by Crippen LogP contribution is -2.35. The van der Waals surface area contributed by atoms with Crippen LogP contribution in [0.15, 0.2) is 18.2 Å². The van der Waals surface area contributed by atoms with E-state index in [1.54, 1.807) is 19.9 Å². The fourth-order valence-corrected chi connectivity index (χ4v) is 1.19. The summed E-state index contributed by atoms with van der Waals surface area (Å²) in [7, 11) is 0. The summed E-state index contributed by atoms with van der Waals surface area (Å²) in [5.41, 5.74) is 1.01. The first-order chi connectivity index (χ1) is 7.04. The Hall–Kier alpha value is -1.42. The summed E-state index contributed by atoms with van der Waals surface area (Å²) in [6.07, 6.45) is 0. The molecule has 4 heteroatoms. The number of aliphatic hydroxyl groups is 1. The molecule has 0 spiro atoms. The van der Waals surface area contributed by atoms with E-state index < -0.39 is 5.82 Å². The third-order valence-electron chi connectivity index (χ3n) is 2.10. The predicted molar refractivity (Wildman–Crippen MR) is 55.2 cm³/mol. The van der Waals surface area contributed by atoms with Gasteiger partial charge in [0.25, 0.3) is 5.91 Å². The molecule has 1 atom stereocenters. The Morgan fingerprint density at radius 3 is 2.87 bits per heavy atom. The molecule has 0 bridgehead atoms. The van der Waals surface area contributed by atoms with Crippen molar-refractivity contribution in [3.8, 4) is 0 Å². The molecular weight excluding hydrogens is 197 g/mol. The summed E-state index contributed by atoms with van der Waals surface area (Å²) in [6, 6.07) is 3.71. The summed E-state index contributed by atoms with van der Waals surface area (Å²) in [4.78, 5) is 11.6. The highest BCUT2D eigenvalue weighted by Gasteiger charge is 2.12. The van der Waals surface area contributed by atoms with Gasteiger partial charge in [-0.2, -0.15) is 0 Å². The van der Waals surface area contributed by atoms with Gasteiger partial charge in [0.1, 0.15) is 5.82 Å². The summed E-state index contributed by atoms with van der Waals surface area (Å²) in [5.74, 6) is -0.809. The summed E-state index contributed by atoms with van der Waals surface area (Å²) in [6.45, 7) is 3.27. The molecule has 0 aliphatic carbocycles. The molecule has 0 aromatic heterocycles. The molecule has 1 aromatic rings. The van der Waals surface area contributed by atoms with Crippen LogP contribution in [-0.2, 0) is 0 Å². The largest absolute Gasteiger partial charge is 0.394 e. The van der Waals surface area contributed by atoms with Gasteiger partial charge >= 0.3 is 0 Å². The summed E-state index contributed by atoms with van der Waals surface area (Å²) in [5, 5.41) is 11.3. The van der Waals surface area contributed by atoms with Crippen LogP contribution < -0.4 is 5.32 Å². The molecule has 1 aromatic carbocycles. The van der Waals surface area contributed by atoms with Crippen LogP contribution in [0, 0.1) is 12.7 Å². The molecule has 0 saturated carbocycles. The van der Waals surface area contributed by atoms with E-state index in [0.717, 1.165) is 0 Å². The van der Waals surface area contributed by atoms with Crippen molar-refractivity contribution in [3.63, 3.8) is 0 Å². The normalized spacial score (nSPS) is 12.3. The van der Waals surface area contributed by atoms with Gasteiger partial charge in [-0.1, -0.05) is 6.07 Å². The van der Waals surface area contributed by atoms with Crippen LogP contribution in [-0.4, -0.2) is 23.7 Å². The zero-order valence-corrected chi connectivity index (χ0v) is 8.75. The number of aliphatic hydroxyl groups excluding tert-OH is 1. The fourth-order valence-electron chi connectivity index (χ4n) is 1.19. The number of rotatable bonds is 3. The van der Waals surface area contributed by atoms with E-state index >= 15 is 0 Å². The number of hydrogen-bond acceptors (Lipinski definition) is 2.